The average Bonchev–Trinajstić information content (AvgIpc) is 3.34. The van der Waals surface area contributed by atoms with Crippen molar-refractivity contribution in [2.45, 2.75) is 20.4 Å². The number of hydrogen-bond acceptors (Lipinski definition) is 7. The molecule has 0 bridgehead atoms. The first kappa shape index (κ1) is 25.0. The van der Waals surface area contributed by atoms with Gasteiger partial charge in [-0.2, -0.15) is 0 Å². The maximum atomic E-state index is 12.9. The molecule has 188 valence electrons. The number of ketones is 1. The first-order valence-corrected chi connectivity index (χ1v) is 11.5. The number of nitrogens with one attached hydrogen (secondary N) is 1. The minimum Gasteiger partial charge on any atom is -0.485 e. The summed E-state index contributed by atoms with van der Waals surface area (Å²) in [6, 6.07) is 13.9. The van der Waals surface area contributed by atoms with Gasteiger partial charge in [-0.05, 0) is 55.3 Å². The summed E-state index contributed by atoms with van der Waals surface area (Å²) in [6.07, 6.45) is 0. The van der Waals surface area contributed by atoms with Crippen molar-refractivity contribution < 1.29 is 33.0 Å². The average molecular weight is 493 g/mol. The summed E-state index contributed by atoms with van der Waals surface area (Å²) in [6.45, 7) is 4.39. The molecule has 1 aliphatic heterocycles. The predicted octanol–water partition coefficient (Wildman–Crippen LogP) is 3.46. The van der Waals surface area contributed by atoms with E-state index in [1.807, 2.05) is 32.0 Å². The highest BCUT2D eigenvalue weighted by Crippen LogP contribution is 2.34. The van der Waals surface area contributed by atoms with E-state index in [1.165, 1.54) is 4.90 Å². The van der Waals surface area contributed by atoms with Gasteiger partial charge in [-0.15, -0.1) is 0 Å². The lowest BCUT2D eigenvalue weighted by molar-refractivity contribution is -0.121. The van der Waals surface area contributed by atoms with Crippen molar-refractivity contribution >= 4 is 23.3 Å². The molecule has 2 aromatic carbocycles. The minimum absolute atomic E-state index is 0.0804. The van der Waals surface area contributed by atoms with Gasteiger partial charge in [0.25, 0.3) is 11.8 Å². The summed E-state index contributed by atoms with van der Waals surface area (Å²) in [5.74, 6) is 0.823. The van der Waals surface area contributed by atoms with Gasteiger partial charge in [0.05, 0.1) is 18.8 Å². The van der Waals surface area contributed by atoms with Crippen molar-refractivity contribution in [2.24, 2.45) is 0 Å². The van der Waals surface area contributed by atoms with E-state index in [2.05, 4.69) is 5.32 Å². The lowest BCUT2D eigenvalue weighted by atomic mass is 10.1. The first-order chi connectivity index (χ1) is 17.4. The molecule has 0 fully saturated rings. The quantitative estimate of drug-likeness (QED) is 0.341. The Balaban J connectivity index is 1.49. The van der Waals surface area contributed by atoms with E-state index in [9.17, 15) is 14.4 Å². The Labute approximate surface area is 208 Å². The Bertz CT molecular complexity index is 1260. The molecule has 1 N–H and O–H groups in total. The van der Waals surface area contributed by atoms with Crippen LogP contribution in [0, 0.1) is 13.8 Å². The molecule has 1 aliphatic rings. The summed E-state index contributed by atoms with van der Waals surface area (Å²) in [5.41, 5.74) is 2.74. The second-order valence-corrected chi connectivity index (χ2v) is 8.40. The Morgan fingerprint density at radius 3 is 2.61 bits per heavy atom. The fourth-order valence-electron chi connectivity index (χ4n) is 3.89. The van der Waals surface area contributed by atoms with Crippen LogP contribution in [0.1, 0.15) is 37.8 Å². The van der Waals surface area contributed by atoms with E-state index in [4.69, 9.17) is 18.6 Å². The van der Waals surface area contributed by atoms with Gasteiger partial charge in [0, 0.05) is 19.2 Å². The zero-order valence-electron chi connectivity index (χ0n) is 20.5. The highest BCUT2D eigenvalue weighted by molar-refractivity contribution is 6.02. The summed E-state index contributed by atoms with van der Waals surface area (Å²) in [5, 5.41) is 2.68. The number of anilines is 1. The Hall–Kier alpha value is -4.11. The van der Waals surface area contributed by atoms with E-state index in [0.29, 0.717) is 41.7 Å². The number of para-hydroxylation sites is 1. The third-order valence-electron chi connectivity index (χ3n) is 5.77. The van der Waals surface area contributed by atoms with E-state index in [-0.39, 0.29) is 43.1 Å². The molecular formula is C27H28N2O7. The largest absolute Gasteiger partial charge is 0.485 e. The Kier molecular flexibility index (Phi) is 7.70. The number of carbonyl (C=O) groups excluding carboxylic acids is 3. The van der Waals surface area contributed by atoms with Crippen LogP contribution in [0.2, 0.25) is 0 Å². The molecule has 3 aromatic rings. The highest BCUT2D eigenvalue weighted by atomic mass is 16.5. The van der Waals surface area contributed by atoms with E-state index < -0.39 is 0 Å². The molecule has 0 unspecified atom stereocenters. The number of aryl methyl sites for hydroxylation is 2. The van der Waals surface area contributed by atoms with Gasteiger partial charge in [-0.1, -0.05) is 18.2 Å². The Morgan fingerprint density at radius 1 is 1.08 bits per heavy atom. The monoisotopic (exact) mass is 492 g/mol. The van der Waals surface area contributed by atoms with Gasteiger partial charge in [0.15, 0.2) is 24.8 Å². The van der Waals surface area contributed by atoms with Gasteiger partial charge < -0.3 is 23.9 Å². The minimum atomic E-state index is -0.372. The topological polar surface area (TPSA) is 107 Å². The molecule has 0 atom stereocenters. The zero-order chi connectivity index (χ0) is 25.7. The van der Waals surface area contributed by atoms with Crippen LogP contribution in [0.5, 0.6) is 11.5 Å². The molecule has 36 heavy (non-hydrogen) atoms. The third kappa shape index (κ3) is 5.58. The first-order valence-electron chi connectivity index (χ1n) is 11.5. The number of carbonyl (C=O) groups is 3. The highest BCUT2D eigenvalue weighted by Gasteiger charge is 2.28. The number of amides is 2. The molecule has 0 aliphatic carbocycles. The zero-order valence-corrected chi connectivity index (χ0v) is 20.5. The molecule has 0 saturated heterocycles. The van der Waals surface area contributed by atoms with Crippen LogP contribution < -0.4 is 19.7 Å². The second-order valence-electron chi connectivity index (χ2n) is 8.40. The van der Waals surface area contributed by atoms with E-state index >= 15 is 0 Å². The molecule has 4 rings (SSSR count). The van der Waals surface area contributed by atoms with Crippen LogP contribution >= 0.6 is 0 Å². The number of Topliss-reactive ketones (excluding diaryl/α,β-unsaturated/α-hetero) is 1. The van der Waals surface area contributed by atoms with Gasteiger partial charge in [-0.25, -0.2) is 0 Å². The summed E-state index contributed by atoms with van der Waals surface area (Å²) < 4.78 is 21.9. The van der Waals surface area contributed by atoms with Crippen LogP contribution in [-0.4, -0.2) is 51.1 Å². The standard InChI is InChI=1S/C27H28N2O7/c1-17-5-4-6-18(2)26(17)35-15-22(30)19-7-9-23-21(13-19)29(25(31)16-34-23)14-20-8-10-24(36-20)27(32)28-11-12-33-3/h4-10,13H,11-12,14-16H2,1-3H3,(H,28,32). The fraction of sp³-hybridized carbons (Fsp3) is 0.296. The van der Waals surface area contributed by atoms with Crippen LogP contribution in [0.3, 0.4) is 0 Å². The maximum Gasteiger partial charge on any atom is 0.287 e. The predicted molar refractivity (Wildman–Crippen MR) is 132 cm³/mol. The van der Waals surface area contributed by atoms with Crippen molar-refractivity contribution in [3.63, 3.8) is 0 Å². The van der Waals surface area contributed by atoms with Crippen molar-refractivity contribution in [2.75, 3.05) is 38.4 Å². The number of furan rings is 1. The number of rotatable bonds is 10. The lowest BCUT2D eigenvalue weighted by Gasteiger charge is -2.29. The number of benzene rings is 2. The number of fused-ring (bicyclic) bond motifs is 1. The molecule has 0 radical (unpaired) electrons. The second kappa shape index (κ2) is 11.1. The van der Waals surface area contributed by atoms with Crippen molar-refractivity contribution in [1.29, 1.82) is 0 Å². The Morgan fingerprint density at radius 2 is 1.86 bits per heavy atom. The number of methoxy groups -OCH3 is 1. The van der Waals surface area contributed by atoms with Crippen molar-refractivity contribution in [1.82, 2.24) is 5.32 Å². The number of hydrogen-bond donors (Lipinski definition) is 1. The SMILES string of the molecule is COCCNC(=O)c1ccc(CN2C(=O)COc3ccc(C(=O)COc4c(C)cccc4C)cc32)o1. The molecule has 0 spiro atoms. The summed E-state index contributed by atoms with van der Waals surface area (Å²) in [4.78, 5) is 39.3. The van der Waals surface area contributed by atoms with Crippen LogP contribution in [0.4, 0.5) is 5.69 Å². The van der Waals surface area contributed by atoms with Gasteiger partial charge in [0.1, 0.15) is 17.3 Å². The van der Waals surface area contributed by atoms with Gasteiger partial charge >= 0.3 is 0 Å². The molecule has 2 amide bonds. The van der Waals surface area contributed by atoms with Crippen LogP contribution in [0.15, 0.2) is 52.9 Å². The molecule has 9 heteroatoms. The molecule has 2 heterocycles. The van der Waals surface area contributed by atoms with Gasteiger partial charge in [-0.3, -0.25) is 19.3 Å². The maximum absolute atomic E-state index is 12.9. The number of nitrogens with zero attached hydrogens (tertiary/aromatic N) is 1. The van der Waals surface area contributed by atoms with E-state index in [1.54, 1.807) is 37.4 Å². The molecular weight excluding hydrogens is 464 g/mol. The summed E-state index contributed by atoms with van der Waals surface area (Å²) >= 11 is 0. The third-order valence-corrected chi connectivity index (χ3v) is 5.77. The lowest BCUT2D eigenvalue weighted by Crippen LogP contribution is -2.38. The normalized spacial score (nSPS) is 12.6. The van der Waals surface area contributed by atoms with E-state index in [0.717, 1.165) is 11.1 Å². The van der Waals surface area contributed by atoms with Crippen LogP contribution in [-0.2, 0) is 16.1 Å². The molecule has 1 aromatic heterocycles. The van der Waals surface area contributed by atoms with Crippen LogP contribution in [0.25, 0.3) is 0 Å². The molecule has 0 saturated carbocycles. The number of ether oxygens (including phenoxy) is 3. The van der Waals surface area contributed by atoms with Crippen molar-refractivity contribution in [3.05, 3.63) is 76.7 Å². The summed E-state index contributed by atoms with van der Waals surface area (Å²) in [7, 11) is 1.55. The van der Waals surface area contributed by atoms with Gasteiger partial charge in [0.2, 0.25) is 0 Å². The van der Waals surface area contributed by atoms with Crippen molar-refractivity contribution in [3.8, 4) is 11.5 Å². The fourth-order valence-corrected chi connectivity index (χ4v) is 3.89. The molecule has 9 nitrogen and oxygen atoms in total. The smallest absolute Gasteiger partial charge is 0.287 e.